The molecular weight excluding hydrogens is 344 g/mol. The van der Waals surface area contributed by atoms with Gasteiger partial charge in [-0.25, -0.2) is 4.68 Å². The molecule has 7 nitrogen and oxygen atoms in total. The van der Waals surface area contributed by atoms with Crippen molar-refractivity contribution in [2.45, 2.75) is 26.9 Å². The third kappa shape index (κ3) is 3.86. The highest BCUT2D eigenvalue weighted by Crippen LogP contribution is 2.31. The number of carbonyl (C=O) groups is 1. The van der Waals surface area contributed by atoms with Gasteiger partial charge >= 0.3 is 0 Å². The summed E-state index contributed by atoms with van der Waals surface area (Å²) >= 11 is 0. The number of benzene rings is 2. The van der Waals surface area contributed by atoms with Crippen LogP contribution in [0.15, 0.2) is 42.5 Å². The average Bonchev–Trinajstić information content (AvgIpc) is 3.08. The van der Waals surface area contributed by atoms with E-state index < -0.39 is 6.17 Å². The molecule has 0 radical (unpaired) electrons. The van der Waals surface area contributed by atoms with Crippen LogP contribution < -0.4 is 14.8 Å². The first kappa shape index (κ1) is 18.7. The number of fused-ring (bicyclic) bond motifs is 1. The van der Waals surface area contributed by atoms with E-state index in [2.05, 4.69) is 15.6 Å². The van der Waals surface area contributed by atoms with E-state index >= 15 is 0 Å². The predicted molar refractivity (Wildman–Crippen MR) is 103 cm³/mol. The molecule has 1 heterocycles. The molecular formula is C20H24N4O3. The largest absolute Gasteiger partial charge is 0.497 e. The van der Waals surface area contributed by atoms with Crippen molar-refractivity contribution in [3.8, 4) is 11.5 Å². The number of carbonyl (C=O) groups excluding carboxylic acids is 1. The third-order valence-electron chi connectivity index (χ3n) is 4.32. The van der Waals surface area contributed by atoms with Gasteiger partial charge < -0.3 is 14.8 Å². The lowest BCUT2D eigenvalue weighted by molar-refractivity contribution is 0.0843. The Hall–Kier alpha value is -3.09. The zero-order valence-electron chi connectivity index (χ0n) is 16.2. The number of aromatic nitrogens is 3. The van der Waals surface area contributed by atoms with Crippen molar-refractivity contribution in [3.63, 3.8) is 0 Å². The third-order valence-corrected chi connectivity index (χ3v) is 4.32. The smallest absolute Gasteiger partial charge is 0.253 e. The molecule has 1 atom stereocenters. The van der Waals surface area contributed by atoms with Crippen molar-refractivity contribution >= 4 is 16.9 Å². The van der Waals surface area contributed by atoms with Gasteiger partial charge in [0.1, 0.15) is 23.2 Å². The average molecular weight is 368 g/mol. The predicted octanol–water partition coefficient (Wildman–Crippen LogP) is 3.42. The number of methoxy groups -OCH3 is 2. The number of hydrogen-bond acceptors (Lipinski definition) is 5. The van der Waals surface area contributed by atoms with Crippen molar-refractivity contribution in [3.05, 3.63) is 48.0 Å². The molecule has 0 aliphatic rings. The van der Waals surface area contributed by atoms with E-state index in [4.69, 9.17) is 9.47 Å². The van der Waals surface area contributed by atoms with Crippen molar-refractivity contribution in [1.82, 2.24) is 20.3 Å². The number of nitrogens with one attached hydrogen (secondary N) is 1. The molecule has 1 unspecified atom stereocenters. The number of nitrogens with zero attached hydrogens (tertiary/aromatic N) is 3. The van der Waals surface area contributed by atoms with Gasteiger partial charge in [0.25, 0.3) is 5.91 Å². The molecule has 27 heavy (non-hydrogen) atoms. The Labute approximate surface area is 158 Å². The van der Waals surface area contributed by atoms with E-state index in [-0.39, 0.29) is 11.3 Å². The SMILES string of the molecule is COc1cc(OC)cc(C(=O)NC(n2nnc3ccccc32)C(C)(C)C)c1. The highest BCUT2D eigenvalue weighted by Gasteiger charge is 2.30. The molecule has 0 spiro atoms. The topological polar surface area (TPSA) is 78.3 Å². The first-order chi connectivity index (χ1) is 12.8. The summed E-state index contributed by atoms with van der Waals surface area (Å²) in [7, 11) is 3.10. The minimum absolute atomic E-state index is 0.244. The molecule has 3 rings (SSSR count). The van der Waals surface area contributed by atoms with Crippen LogP contribution in [0.4, 0.5) is 0 Å². The summed E-state index contributed by atoms with van der Waals surface area (Å²) in [6.07, 6.45) is -0.394. The van der Waals surface area contributed by atoms with Crippen molar-refractivity contribution in [2.75, 3.05) is 14.2 Å². The van der Waals surface area contributed by atoms with Gasteiger partial charge in [-0.1, -0.05) is 38.1 Å². The van der Waals surface area contributed by atoms with Gasteiger partial charge in [0, 0.05) is 17.0 Å². The molecule has 7 heteroatoms. The molecule has 1 N–H and O–H groups in total. The molecule has 0 aliphatic heterocycles. The molecule has 0 bridgehead atoms. The Balaban J connectivity index is 1.98. The number of rotatable bonds is 5. The highest BCUT2D eigenvalue weighted by atomic mass is 16.5. The quantitative estimate of drug-likeness (QED) is 0.746. The van der Waals surface area contributed by atoms with Gasteiger partial charge in [0.15, 0.2) is 0 Å². The van der Waals surface area contributed by atoms with Crippen molar-refractivity contribution < 1.29 is 14.3 Å². The number of ether oxygens (including phenoxy) is 2. The summed E-state index contributed by atoms with van der Waals surface area (Å²) in [6.45, 7) is 6.13. The van der Waals surface area contributed by atoms with Gasteiger partial charge in [-0.15, -0.1) is 5.10 Å². The maximum atomic E-state index is 13.0. The normalized spacial score (nSPS) is 12.6. The minimum atomic E-state index is -0.394. The zero-order valence-corrected chi connectivity index (χ0v) is 16.2. The fraction of sp³-hybridized carbons (Fsp3) is 0.350. The first-order valence-corrected chi connectivity index (χ1v) is 8.67. The molecule has 1 amide bonds. The van der Waals surface area contributed by atoms with Crippen LogP contribution in [0.1, 0.15) is 37.3 Å². The number of para-hydroxylation sites is 1. The molecule has 3 aromatic rings. The lowest BCUT2D eigenvalue weighted by Crippen LogP contribution is -2.41. The molecule has 0 saturated heterocycles. The summed E-state index contributed by atoms with van der Waals surface area (Å²) in [4.78, 5) is 13.0. The van der Waals surface area contributed by atoms with E-state index in [1.807, 2.05) is 45.0 Å². The van der Waals surface area contributed by atoms with E-state index in [0.717, 1.165) is 11.0 Å². The monoisotopic (exact) mass is 368 g/mol. The summed E-state index contributed by atoms with van der Waals surface area (Å²) in [6, 6.07) is 12.8. The van der Waals surface area contributed by atoms with E-state index in [1.165, 1.54) is 0 Å². The highest BCUT2D eigenvalue weighted by molar-refractivity contribution is 5.95. The fourth-order valence-corrected chi connectivity index (χ4v) is 2.87. The van der Waals surface area contributed by atoms with Crippen LogP contribution in [0.2, 0.25) is 0 Å². The van der Waals surface area contributed by atoms with Gasteiger partial charge in [-0.05, 0) is 24.3 Å². The lowest BCUT2D eigenvalue weighted by Gasteiger charge is -2.31. The van der Waals surface area contributed by atoms with E-state index in [9.17, 15) is 4.79 Å². The molecule has 0 fully saturated rings. The molecule has 0 saturated carbocycles. The second kappa shape index (κ2) is 7.26. The van der Waals surface area contributed by atoms with Crippen molar-refractivity contribution in [1.29, 1.82) is 0 Å². The Morgan fingerprint density at radius 2 is 1.70 bits per heavy atom. The van der Waals surface area contributed by atoms with Gasteiger partial charge in [0.05, 0.1) is 19.7 Å². The van der Waals surface area contributed by atoms with Crippen molar-refractivity contribution in [2.24, 2.45) is 5.41 Å². The summed E-state index contributed by atoms with van der Waals surface area (Å²) in [5.41, 5.74) is 1.80. The molecule has 0 aliphatic carbocycles. The van der Waals surface area contributed by atoms with Crippen LogP contribution in [0, 0.1) is 5.41 Å². The maximum absolute atomic E-state index is 13.0. The van der Waals surface area contributed by atoms with Crippen LogP contribution in [-0.4, -0.2) is 35.1 Å². The van der Waals surface area contributed by atoms with Gasteiger partial charge in [-0.2, -0.15) is 0 Å². The van der Waals surface area contributed by atoms with E-state index in [1.54, 1.807) is 37.1 Å². The minimum Gasteiger partial charge on any atom is -0.497 e. The second-order valence-electron chi connectivity index (χ2n) is 7.37. The number of hydrogen-bond donors (Lipinski definition) is 1. The molecule has 1 aromatic heterocycles. The zero-order chi connectivity index (χ0) is 19.6. The van der Waals surface area contributed by atoms with Crippen LogP contribution >= 0.6 is 0 Å². The first-order valence-electron chi connectivity index (χ1n) is 8.67. The van der Waals surface area contributed by atoms with Crippen LogP contribution in [-0.2, 0) is 0 Å². The van der Waals surface area contributed by atoms with Gasteiger partial charge in [0.2, 0.25) is 0 Å². The second-order valence-corrected chi connectivity index (χ2v) is 7.37. The van der Waals surface area contributed by atoms with Crippen LogP contribution in [0.5, 0.6) is 11.5 Å². The van der Waals surface area contributed by atoms with E-state index in [0.29, 0.717) is 17.1 Å². The van der Waals surface area contributed by atoms with Crippen LogP contribution in [0.3, 0.4) is 0 Å². The van der Waals surface area contributed by atoms with Gasteiger partial charge in [-0.3, -0.25) is 4.79 Å². The Morgan fingerprint density at radius 1 is 1.07 bits per heavy atom. The standard InChI is InChI=1S/C20H24N4O3/c1-20(2,3)19(24-17-9-7-6-8-16(17)22-23-24)21-18(25)13-10-14(26-4)12-15(11-13)27-5/h6-12,19H,1-5H3,(H,21,25). The lowest BCUT2D eigenvalue weighted by atomic mass is 9.91. The Bertz CT molecular complexity index is 937. The number of amides is 1. The molecule has 142 valence electrons. The maximum Gasteiger partial charge on any atom is 0.253 e. The Kier molecular flexibility index (Phi) is 5.03. The summed E-state index contributed by atoms with van der Waals surface area (Å²) in [5.74, 6) is 0.864. The fourth-order valence-electron chi connectivity index (χ4n) is 2.87. The summed E-state index contributed by atoms with van der Waals surface area (Å²) in [5, 5.41) is 11.6. The molecule has 2 aromatic carbocycles. The Morgan fingerprint density at radius 3 is 2.30 bits per heavy atom. The van der Waals surface area contributed by atoms with Crippen LogP contribution in [0.25, 0.3) is 11.0 Å². The summed E-state index contributed by atoms with van der Waals surface area (Å²) < 4.78 is 12.3.